The predicted octanol–water partition coefficient (Wildman–Crippen LogP) is 4.99. The van der Waals surface area contributed by atoms with Gasteiger partial charge in [-0.1, -0.05) is 79.7 Å². The molecule has 0 unspecified atom stereocenters. The highest BCUT2D eigenvalue weighted by Crippen LogP contribution is 2.27. The third kappa shape index (κ3) is 3.72. The third-order valence-electron chi connectivity index (χ3n) is 4.05. The van der Waals surface area contributed by atoms with Crippen LogP contribution in [0.25, 0.3) is 0 Å². The summed E-state index contributed by atoms with van der Waals surface area (Å²) in [6.45, 7) is 2.10. The molecule has 3 aromatic rings. The molecule has 0 spiro atoms. The van der Waals surface area contributed by atoms with Crippen molar-refractivity contribution in [3.63, 3.8) is 0 Å². The predicted molar refractivity (Wildman–Crippen MR) is 96.2 cm³/mol. The van der Waals surface area contributed by atoms with Crippen molar-refractivity contribution < 1.29 is 9.53 Å². The minimum absolute atomic E-state index is 0.267. The average molecular weight is 316 g/mol. The Balaban J connectivity index is 1.89. The molecule has 2 nitrogen and oxygen atoms in total. The Kier molecular flexibility index (Phi) is 5.07. The van der Waals surface area contributed by atoms with Gasteiger partial charge in [0.05, 0.1) is 0 Å². The van der Waals surface area contributed by atoms with E-state index in [1.165, 1.54) is 5.56 Å². The molecular weight excluding hydrogens is 296 g/mol. The van der Waals surface area contributed by atoms with Gasteiger partial charge in [-0.25, -0.2) is 0 Å². The summed E-state index contributed by atoms with van der Waals surface area (Å²) in [6, 6.07) is 27.2. The summed E-state index contributed by atoms with van der Waals surface area (Å²) >= 11 is 0. The van der Waals surface area contributed by atoms with Gasteiger partial charge in [-0.05, 0) is 35.2 Å². The topological polar surface area (TPSA) is 26.3 Å². The lowest BCUT2D eigenvalue weighted by Crippen LogP contribution is -2.20. The summed E-state index contributed by atoms with van der Waals surface area (Å²) in [5.41, 5.74) is 3.08. The van der Waals surface area contributed by atoms with Gasteiger partial charge < -0.3 is 4.74 Å². The monoisotopic (exact) mass is 316 g/mol. The fourth-order valence-electron chi connectivity index (χ4n) is 2.72. The van der Waals surface area contributed by atoms with Crippen molar-refractivity contribution >= 4 is 5.97 Å². The Hall–Kier alpha value is -2.87. The maximum absolute atomic E-state index is 12.8. The number of rotatable bonds is 5. The second-order valence-corrected chi connectivity index (χ2v) is 5.67. The average Bonchev–Trinajstić information content (AvgIpc) is 2.64. The Morgan fingerprint density at radius 2 is 1.29 bits per heavy atom. The van der Waals surface area contributed by atoms with Gasteiger partial charge in [0.15, 0.2) is 0 Å². The van der Waals surface area contributed by atoms with Crippen molar-refractivity contribution in [2.24, 2.45) is 0 Å². The van der Waals surface area contributed by atoms with Crippen LogP contribution in [-0.2, 0) is 11.2 Å². The maximum Gasteiger partial charge on any atom is 0.323 e. The molecule has 2 heteroatoms. The summed E-state index contributed by atoms with van der Waals surface area (Å²) in [5.74, 6) is -0.121. The second kappa shape index (κ2) is 7.60. The Morgan fingerprint density at radius 1 is 0.792 bits per heavy atom. The van der Waals surface area contributed by atoms with Crippen molar-refractivity contribution in [2.75, 3.05) is 0 Å². The van der Waals surface area contributed by atoms with Gasteiger partial charge in [-0.15, -0.1) is 0 Å². The van der Waals surface area contributed by atoms with E-state index in [9.17, 15) is 4.79 Å². The van der Waals surface area contributed by atoms with Gasteiger partial charge in [0, 0.05) is 0 Å². The number of aryl methyl sites for hydroxylation is 1. The quantitative estimate of drug-likeness (QED) is 0.490. The molecule has 0 fully saturated rings. The number of hydrogen-bond donors (Lipinski definition) is 0. The summed E-state index contributed by atoms with van der Waals surface area (Å²) in [5, 5.41) is 0. The molecule has 0 saturated heterocycles. The van der Waals surface area contributed by atoms with Crippen LogP contribution in [-0.4, -0.2) is 5.97 Å². The fourth-order valence-corrected chi connectivity index (χ4v) is 2.72. The van der Waals surface area contributed by atoms with E-state index in [4.69, 9.17) is 4.74 Å². The summed E-state index contributed by atoms with van der Waals surface area (Å²) in [7, 11) is 0. The highest BCUT2D eigenvalue weighted by Gasteiger charge is 2.24. The van der Waals surface area contributed by atoms with E-state index in [1.807, 2.05) is 84.9 Å². The first-order valence-electron chi connectivity index (χ1n) is 8.18. The lowest BCUT2D eigenvalue weighted by molar-refractivity contribution is -0.135. The lowest BCUT2D eigenvalue weighted by atomic mass is 9.91. The van der Waals surface area contributed by atoms with Crippen LogP contribution in [0.3, 0.4) is 0 Å². The zero-order valence-electron chi connectivity index (χ0n) is 13.7. The SMILES string of the molecule is CCc1ccc(OC(=O)C(c2ccccc2)c2ccccc2)cc1. The van der Waals surface area contributed by atoms with Crippen LogP contribution in [0.2, 0.25) is 0 Å². The third-order valence-corrected chi connectivity index (χ3v) is 4.05. The first-order chi connectivity index (χ1) is 11.8. The van der Waals surface area contributed by atoms with Gasteiger partial charge in [0.2, 0.25) is 0 Å². The molecule has 0 aromatic heterocycles. The molecule has 0 bridgehead atoms. The minimum atomic E-state index is -0.432. The van der Waals surface area contributed by atoms with Gasteiger partial charge in [-0.2, -0.15) is 0 Å². The number of hydrogen-bond acceptors (Lipinski definition) is 2. The van der Waals surface area contributed by atoms with Crippen LogP contribution in [0.4, 0.5) is 0 Å². The Morgan fingerprint density at radius 3 is 1.75 bits per heavy atom. The Bertz CT molecular complexity index is 738. The number of carbonyl (C=O) groups is 1. The summed E-state index contributed by atoms with van der Waals surface area (Å²) < 4.78 is 5.65. The molecule has 0 N–H and O–H groups in total. The molecule has 3 rings (SSSR count). The van der Waals surface area contributed by atoms with E-state index < -0.39 is 5.92 Å². The molecule has 0 saturated carbocycles. The second-order valence-electron chi connectivity index (χ2n) is 5.67. The highest BCUT2D eigenvalue weighted by atomic mass is 16.5. The van der Waals surface area contributed by atoms with E-state index in [0.717, 1.165) is 17.5 Å². The number of carbonyl (C=O) groups excluding carboxylic acids is 1. The van der Waals surface area contributed by atoms with Crippen molar-refractivity contribution in [3.8, 4) is 5.75 Å². The van der Waals surface area contributed by atoms with Crippen molar-refractivity contribution in [1.29, 1.82) is 0 Å². The van der Waals surface area contributed by atoms with Gasteiger partial charge >= 0.3 is 5.97 Å². The lowest BCUT2D eigenvalue weighted by Gasteiger charge is -2.17. The zero-order chi connectivity index (χ0) is 16.8. The van der Waals surface area contributed by atoms with Crippen LogP contribution in [0.1, 0.15) is 29.5 Å². The van der Waals surface area contributed by atoms with Crippen molar-refractivity contribution in [3.05, 3.63) is 102 Å². The van der Waals surface area contributed by atoms with Crippen LogP contribution in [0, 0.1) is 0 Å². The number of ether oxygens (including phenoxy) is 1. The molecule has 24 heavy (non-hydrogen) atoms. The maximum atomic E-state index is 12.8. The summed E-state index contributed by atoms with van der Waals surface area (Å²) in [4.78, 5) is 12.8. The molecule has 120 valence electrons. The minimum Gasteiger partial charge on any atom is -0.426 e. The van der Waals surface area contributed by atoms with Crippen molar-refractivity contribution in [2.45, 2.75) is 19.3 Å². The molecule has 3 aromatic carbocycles. The number of benzene rings is 3. The first kappa shape index (κ1) is 16.0. The van der Waals surface area contributed by atoms with Crippen molar-refractivity contribution in [1.82, 2.24) is 0 Å². The van der Waals surface area contributed by atoms with E-state index in [1.54, 1.807) is 0 Å². The highest BCUT2D eigenvalue weighted by molar-refractivity contribution is 5.84. The van der Waals surface area contributed by atoms with Crippen LogP contribution in [0.5, 0.6) is 5.75 Å². The smallest absolute Gasteiger partial charge is 0.323 e. The van der Waals surface area contributed by atoms with E-state index in [-0.39, 0.29) is 5.97 Å². The van der Waals surface area contributed by atoms with Crippen LogP contribution >= 0.6 is 0 Å². The molecule has 0 aliphatic rings. The summed E-state index contributed by atoms with van der Waals surface area (Å²) in [6.07, 6.45) is 0.963. The molecular formula is C22H20O2. The molecule has 0 amide bonds. The van der Waals surface area contributed by atoms with Gasteiger partial charge in [-0.3, -0.25) is 4.79 Å². The normalized spacial score (nSPS) is 10.6. The Labute approximate surface area is 142 Å². The van der Waals surface area contributed by atoms with E-state index in [0.29, 0.717) is 5.75 Å². The fraction of sp³-hybridized carbons (Fsp3) is 0.136. The van der Waals surface area contributed by atoms with Crippen LogP contribution in [0.15, 0.2) is 84.9 Å². The molecule has 0 radical (unpaired) electrons. The molecule has 0 aliphatic carbocycles. The molecule has 0 heterocycles. The van der Waals surface area contributed by atoms with E-state index >= 15 is 0 Å². The largest absolute Gasteiger partial charge is 0.426 e. The zero-order valence-corrected chi connectivity index (χ0v) is 13.7. The molecule has 0 aliphatic heterocycles. The number of esters is 1. The molecule has 0 atom stereocenters. The standard InChI is InChI=1S/C22H20O2/c1-2-17-13-15-20(16-14-17)24-22(23)21(18-9-5-3-6-10-18)19-11-7-4-8-12-19/h3-16,21H,2H2,1H3. The van der Waals surface area contributed by atoms with E-state index in [2.05, 4.69) is 6.92 Å². The van der Waals surface area contributed by atoms with Crippen LogP contribution < -0.4 is 4.74 Å². The van der Waals surface area contributed by atoms with Gasteiger partial charge in [0.25, 0.3) is 0 Å². The van der Waals surface area contributed by atoms with Gasteiger partial charge in [0.1, 0.15) is 11.7 Å². The first-order valence-corrected chi connectivity index (χ1v) is 8.18.